The summed E-state index contributed by atoms with van der Waals surface area (Å²) in [6.45, 7) is 6.33. The molecule has 0 amide bonds. The first-order valence-electron chi connectivity index (χ1n) is 11.2. The Labute approximate surface area is 192 Å². The summed E-state index contributed by atoms with van der Waals surface area (Å²) >= 11 is 1.69. The van der Waals surface area contributed by atoms with Crippen molar-refractivity contribution in [2.75, 3.05) is 31.6 Å². The van der Waals surface area contributed by atoms with Crippen molar-refractivity contribution in [3.8, 4) is 11.1 Å². The third kappa shape index (κ3) is 4.85. The normalized spacial score (nSPS) is 15.8. The molecule has 1 saturated heterocycles. The maximum Gasteiger partial charge on any atom is 0.146 e. The van der Waals surface area contributed by atoms with Gasteiger partial charge in [-0.05, 0) is 31.0 Å². The van der Waals surface area contributed by atoms with Gasteiger partial charge in [0.25, 0.3) is 0 Å². The van der Waals surface area contributed by atoms with Gasteiger partial charge in [0.05, 0.1) is 31.4 Å². The van der Waals surface area contributed by atoms with E-state index >= 15 is 0 Å². The van der Waals surface area contributed by atoms with Crippen molar-refractivity contribution in [2.24, 2.45) is 0 Å². The van der Waals surface area contributed by atoms with Crippen LogP contribution < -0.4 is 5.32 Å². The zero-order valence-corrected chi connectivity index (χ0v) is 19.1. The second-order valence-corrected chi connectivity index (χ2v) is 9.09. The molecule has 7 heteroatoms. The van der Waals surface area contributed by atoms with Gasteiger partial charge in [-0.1, -0.05) is 30.3 Å². The Morgan fingerprint density at radius 1 is 1.09 bits per heavy atom. The van der Waals surface area contributed by atoms with Gasteiger partial charge in [0.15, 0.2) is 0 Å². The fourth-order valence-corrected chi connectivity index (χ4v) is 5.04. The lowest BCUT2D eigenvalue weighted by molar-refractivity contribution is 0.0331. The van der Waals surface area contributed by atoms with E-state index in [1.54, 1.807) is 17.6 Å². The smallest absolute Gasteiger partial charge is 0.146 e. The third-order valence-corrected chi connectivity index (χ3v) is 6.69. The summed E-state index contributed by atoms with van der Waals surface area (Å²) in [7, 11) is 0. The van der Waals surface area contributed by atoms with Crippen molar-refractivity contribution in [2.45, 2.75) is 32.4 Å². The molecule has 0 radical (unpaired) electrons. The molecular formula is C25H28N4O2S. The number of hydrogen-bond donors (Lipinski definition) is 1. The molecule has 32 heavy (non-hydrogen) atoms. The summed E-state index contributed by atoms with van der Waals surface area (Å²) in [6.07, 6.45) is 3.59. The largest absolute Gasteiger partial charge is 0.469 e. The highest BCUT2D eigenvalue weighted by Crippen LogP contribution is 2.37. The number of thiophene rings is 1. The van der Waals surface area contributed by atoms with Crippen LogP contribution in [0.3, 0.4) is 0 Å². The standard InChI is InChI=1S/C25H28N4O2S/c1-18(9-10-20-8-5-13-31-20)26-24-23-21(19-6-3-2-4-7-19)17-32-25(23)28-22(27-24)16-29-11-14-30-15-12-29/h2-8,13,17-18H,9-12,14-16H2,1H3,(H,26,27,28). The zero-order chi connectivity index (χ0) is 21.8. The quantitative estimate of drug-likeness (QED) is 0.399. The minimum absolute atomic E-state index is 0.248. The average molecular weight is 449 g/mol. The number of benzene rings is 1. The Hall–Kier alpha value is -2.74. The molecule has 1 aliphatic heterocycles. The highest BCUT2D eigenvalue weighted by Gasteiger charge is 2.19. The van der Waals surface area contributed by atoms with Crippen LogP contribution in [0, 0.1) is 0 Å². The summed E-state index contributed by atoms with van der Waals surface area (Å²) < 4.78 is 11.0. The van der Waals surface area contributed by atoms with Gasteiger partial charge in [-0.3, -0.25) is 4.90 Å². The number of nitrogens with one attached hydrogen (secondary N) is 1. The van der Waals surface area contributed by atoms with Gasteiger partial charge >= 0.3 is 0 Å². The predicted molar refractivity (Wildman–Crippen MR) is 129 cm³/mol. The number of aromatic nitrogens is 2. The van der Waals surface area contributed by atoms with E-state index in [0.717, 1.165) is 73.3 Å². The molecule has 0 spiro atoms. The predicted octanol–water partition coefficient (Wildman–Crippen LogP) is 5.22. The summed E-state index contributed by atoms with van der Waals surface area (Å²) in [5.74, 6) is 2.80. The number of ether oxygens (including phenoxy) is 1. The molecule has 0 aliphatic carbocycles. The number of nitrogens with zero attached hydrogens (tertiary/aromatic N) is 3. The van der Waals surface area contributed by atoms with E-state index in [-0.39, 0.29) is 6.04 Å². The molecule has 1 atom stereocenters. The van der Waals surface area contributed by atoms with Gasteiger partial charge in [0.2, 0.25) is 0 Å². The third-order valence-electron chi connectivity index (χ3n) is 5.82. The van der Waals surface area contributed by atoms with Gasteiger partial charge in [-0.15, -0.1) is 11.3 Å². The van der Waals surface area contributed by atoms with Crippen molar-refractivity contribution >= 4 is 27.4 Å². The van der Waals surface area contributed by atoms with Crippen LogP contribution in [0.2, 0.25) is 0 Å². The summed E-state index contributed by atoms with van der Waals surface area (Å²) in [4.78, 5) is 13.3. The molecule has 166 valence electrons. The van der Waals surface area contributed by atoms with E-state index in [2.05, 4.69) is 46.8 Å². The average Bonchev–Trinajstić information content (AvgIpc) is 3.49. The summed E-state index contributed by atoms with van der Waals surface area (Å²) in [6, 6.07) is 14.7. The minimum atomic E-state index is 0.248. The van der Waals surface area contributed by atoms with E-state index in [4.69, 9.17) is 19.1 Å². The first-order valence-corrected chi connectivity index (χ1v) is 12.1. The molecule has 1 unspecified atom stereocenters. The van der Waals surface area contributed by atoms with Crippen LogP contribution >= 0.6 is 11.3 Å². The Morgan fingerprint density at radius 3 is 2.72 bits per heavy atom. The van der Waals surface area contributed by atoms with E-state index in [1.165, 1.54) is 11.1 Å². The molecule has 3 aromatic heterocycles. The van der Waals surface area contributed by atoms with Crippen LogP contribution in [-0.2, 0) is 17.7 Å². The van der Waals surface area contributed by atoms with Crippen LogP contribution in [0.1, 0.15) is 24.9 Å². The lowest BCUT2D eigenvalue weighted by atomic mass is 10.1. The number of furan rings is 1. The SMILES string of the molecule is CC(CCc1ccco1)Nc1nc(CN2CCOCC2)nc2scc(-c3ccccc3)c12. The van der Waals surface area contributed by atoms with Crippen molar-refractivity contribution in [1.82, 2.24) is 14.9 Å². The van der Waals surface area contributed by atoms with Crippen molar-refractivity contribution < 1.29 is 9.15 Å². The monoisotopic (exact) mass is 448 g/mol. The molecule has 5 rings (SSSR count). The van der Waals surface area contributed by atoms with E-state index in [9.17, 15) is 0 Å². The first-order chi connectivity index (χ1) is 15.8. The topological polar surface area (TPSA) is 63.4 Å². The van der Waals surface area contributed by atoms with Gasteiger partial charge in [0.1, 0.15) is 22.2 Å². The number of anilines is 1. The maximum atomic E-state index is 5.51. The van der Waals surface area contributed by atoms with Crippen LogP contribution in [0.25, 0.3) is 21.3 Å². The Morgan fingerprint density at radius 2 is 1.94 bits per heavy atom. The minimum Gasteiger partial charge on any atom is -0.469 e. The second-order valence-electron chi connectivity index (χ2n) is 8.24. The molecule has 1 aromatic carbocycles. The van der Waals surface area contributed by atoms with E-state index in [0.29, 0.717) is 0 Å². The molecular weight excluding hydrogens is 420 g/mol. The van der Waals surface area contributed by atoms with Gasteiger partial charge in [-0.2, -0.15) is 0 Å². The van der Waals surface area contributed by atoms with Gasteiger partial charge < -0.3 is 14.5 Å². The Balaban J connectivity index is 1.45. The van der Waals surface area contributed by atoms with Crippen LogP contribution in [0.4, 0.5) is 5.82 Å². The van der Waals surface area contributed by atoms with Crippen LogP contribution in [0.15, 0.2) is 58.5 Å². The molecule has 1 N–H and O–H groups in total. The van der Waals surface area contributed by atoms with E-state index < -0.39 is 0 Å². The summed E-state index contributed by atoms with van der Waals surface area (Å²) in [5, 5.41) is 7.00. The van der Waals surface area contributed by atoms with E-state index in [1.807, 2.05) is 18.2 Å². The zero-order valence-electron chi connectivity index (χ0n) is 18.3. The number of morpholine rings is 1. The first kappa shape index (κ1) is 21.1. The molecule has 4 aromatic rings. The van der Waals surface area contributed by atoms with Crippen LogP contribution in [0.5, 0.6) is 0 Å². The molecule has 0 saturated carbocycles. The van der Waals surface area contributed by atoms with Crippen molar-refractivity contribution in [1.29, 1.82) is 0 Å². The lowest BCUT2D eigenvalue weighted by Crippen LogP contribution is -2.36. The number of rotatable bonds is 8. The maximum absolute atomic E-state index is 5.51. The van der Waals surface area contributed by atoms with Gasteiger partial charge in [-0.25, -0.2) is 9.97 Å². The number of fused-ring (bicyclic) bond motifs is 1. The highest BCUT2D eigenvalue weighted by atomic mass is 32.1. The number of hydrogen-bond acceptors (Lipinski definition) is 7. The Kier molecular flexibility index (Phi) is 6.48. The Bertz CT molecular complexity index is 1140. The van der Waals surface area contributed by atoms with Crippen molar-refractivity contribution in [3.63, 3.8) is 0 Å². The fourth-order valence-electron chi connectivity index (χ4n) is 4.07. The molecule has 6 nitrogen and oxygen atoms in total. The molecule has 4 heterocycles. The van der Waals surface area contributed by atoms with Gasteiger partial charge in [0, 0.05) is 36.5 Å². The van der Waals surface area contributed by atoms with Crippen LogP contribution in [-0.4, -0.2) is 47.2 Å². The lowest BCUT2D eigenvalue weighted by Gasteiger charge is -2.26. The molecule has 1 fully saturated rings. The fraction of sp³-hybridized carbons (Fsp3) is 0.360. The molecule has 1 aliphatic rings. The molecule has 0 bridgehead atoms. The highest BCUT2D eigenvalue weighted by molar-refractivity contribution is 7.17. The number of aryl methyl sites for hydroxylation is 1. The second kappa shape index (κ2) is 9.81. The van der Waals surface area contributed by atoms with Crippen molar-refractivity contribution in [3.05, 3.63) is 65.7 Å². The summed E-state index contributed by atoms with van der Waals surface area (Å²) in [5.41, 5.74) is 2.37.